The molecular weight excluding hydrogens is 354 g/mol. The van der Waals surface area contributed by atoms with Gasteiger partial charge in [-0.15, -0.1) is 0 Å². The predicted molar refractivity (Wildman–Crippen MR) is 106 cm³/mol. The van der Waals surface area contributed by atoms with Gasteiger partial charge in [0, 0.05) is 12.1 Å². The van der Waals surface area contributed by atoms with Gasteiger partial charge in [0.1, 0.15) is 6.04 Å². The van der Waals surface area contributed by atoms with Crippen LogP contribution >= 0.6 is 0 Å². The Hall–Kier alpha value is -1.59. The van der Waals surface area contributed by atoms with Gasteiger partial charge in [-0.3, -0.25) is 14.4 Å². The molecule has 0 radical (unpaired) electrons. The highest BCUT2D eigenvalue weighted by Crippen LogP contribution is 2.60. The summed E-state index contributed by atoms with van der Waals surface area (Å²) in [4.78, 5) is 40.2. The smallest absolute Gasteiger partial charge is 0.243 e. The van der Waals surface area contributed by atoms with Gasteiger partial charge >= 0.3 is 0 Å². The molecule has 1 aliphatic heterocycles. The number of hydrogen-bond acceptors (Lipinski definition) is 3. The van der Waals surface area contributed by atoms with E-state index >= 15 is 0 Å². The normalized spacial score (nSPS) is 36.5. The largest absolute Gasteiger partial charge is 0.350 e. The second-order valence-corrected chi connectivity index (χ2v) is 10.9. The van der Waals surface area contributed by atoms with Gasteiger partial charge in [0.25, 0.3) is 0 Å². The van der Waals surface area contributed by atoms with Crippen LogP contribution in [0.1, 0.15) is 72.1 Å². The van der Waals surface area contributed by atoms with E-state index in [0.717, 1.165) is 25.7 Å². The molecule has 5 rings (SSSR count). The number of rotatable bonds is 4. The molecule has 4 saturated carbocycles. The third kappa shape index (κ3) is 3.79. The zero-order chi connectivity index (χ0) is 20.1. The maximum atomic E-state index is 13.6. The van der Waals surface area contributed by atoms with Crippen LogP contribution < -0.4 is 10.6 Å². The first-order chi connectivity index (χ1) is 13.2. The zero-order valence-electron chi connectivity index (χ0n) is 17.6. The minimum atomic E-state index is -0.414. The quantitative estimate of drug-likeness (QED) is 0.774. The first-order valence-corrected chi connectivity index (χ1v) is 11.0. The van der Waals surface area contributed by atoms with Crippen LogP contribution in [0.4, 0.5) is 0 Å². The molecule has 1 atom stereocenters. The molecule has 2 N–H and O–H groups in total. The van der Waals surface area contributed by atoms with E-state index < -0.39 is 6.04 Å². The lowest BCUT2D eigenvalue weighted by Gasteiger charge is -2.56. The lowest BCUT2D eigenvalue weighted by Crippen LogP contribution is -2.57. The number of hydrogen-bond donors (Lipinski definition) is 2. The first-order valence-electron chi connectivity index (χ1n) is 11.0. The van der Waals surface area contributed by atoms with Gasteiger partial charge in [-0.25, -0.2) is 0 Å². The van der Waals surface area contributed by atoms with Crippen molar-refractivity contribution in [3.63, 3.8) is 0 Å². The van der Waals surface area contributed by atoms with Gasteiger partial charge in [-0.2, -0.15) is 0 Å². The van der Waals surface area contributed by atoms with E-state index in [2.05, 4.69) is 10.6 Å². The van der Waals surface area contributed by atoms with E-state index in [1.807, 2.05) is 25.7 Å². The molecule has 28 heavy (non-hydrogen) atoms. The summed E-state index contributed by atoms with van der Waals surface area (Å²) in [5.74, 6) is 1.99. The topological polar surface area (TPSA) is 78.5 Å². The number of carbonyl (C=O) groups is 3. The second-order valence-electron chi connectivity index (χ2n) is 10.9. The molecule has 156 valence electrons. The molecule has 1 unspecified atom stereocenters. The van der Waals surface area contributed by atoms with E-state index in [-0.39, 0.29) is 35.2 Å². The first kappa shape index (κ1) is 19.7. The van der Waals surface area contributed by atoms with Crippen LogP contribution in [0.3, 0.4) is 0 Å². The molecule has 0 aromatic rings. The highest BCUT2D eigenvalue weighted by molar-refractivity contribution is 5.92. The third-order valence-electron chi connectivity index (χ3n) is 7.25. The van der Waals surface area contributed by atoms with Crippen LogP contribution in [0, 0.1) is 23.2 Å². The minimum absolute atomic E-state index is 0.0357. The number of nitrogens with zero attached hydrogens (tertiary/aromatic N) is 1. The maximum Gasteiger partial charge on any atom is 0.243 e. The number of nitrogens with one attached hydrogen (secondary N) is 2. The monoisotopic (exact) mass is 389 g/mol. The van der Waals surface area contributed by atoms with Crippen molar-refractivity contribution >= 4 is 17.7 Å². The van der Waals surface area contributed by atoms with Gasteiger partial charge in [-0.1, -0.05) is 0 Å². The summed E-state index contributed by atoms with van der Waals surface area (Å²) >= 11 is 0. The standard InChI is InChI=1S/C22H35N3O3/c1-21(2,3)24-18(26)13-23-19(27)17-5-4-6-25(17)20(28)22-10-14-7-15(11-22)9-16(8-14)12-22/h14-17H,4-13H2,1-3H3,(H,23,27)(H,24,26). The van der Waals surface area contributed by atoms with E-state index in [1.165, 1.54) is 19.3 Å². The SMILES string of the molecule is CC(C)(C)NC(=O)CNC(=O)C1CCCN1C(=O)C12CC3CC(CC(C3)C1)C2. The fraction of sp³-hybridized carbons (Fsp3) is 0.864. The van der Waals surface area contributed by atoms with E-state index in [1.54, 1.807) is 0 Å². The highest BCUT2D eigenvalue weighted by Gasteiger charge is 2.56. The Morgan fingerprint density at radius 3 is 2.11 bits per heavy atom. The Morgan fingerprint density at radius 1 is 1.00 bits per heavy atom. The lowest BCUT2D eigenvalue weighted by atomic mass is 9.49. The number of amides is 3. The number of likely N-dealkylation sites (tertiary alicyclic amines) is 1. The molecule has 1 heterocycles. The molecular formula is C22H35N3O3. The van der Waals surface area contributed by atoms with Crippen LogP contribution in [-0.4, -0.2) is 47.3 Å². The van der Waals surface area contributed by atoms with Crippen molar-refractivity contribution in [2.45, 2.75) is 83.7 Å². The molecule has 0 aromatic carbocycles. The lowest BCUT2D eigenvalue weighted by molar-refractivity contribution is -0.160. The molecule has 6 heteroatoms. The Bertz CT molecular complexity index is 631. The third-order valence-corrected chi connectivity index (χ3v) is 7.25. The van der Waals surface area contributed by atoms with Crippen molar-refractivity contribution in [1.82, 2.24) is 15.5 Å². The summed E-state index contributed by atoms with van der Waals surface area (Å²) in [5, 5.41) is 5.61. The van der Waals surface area contributed by atoms with E-state index in [0.29, 0.717) is 30.7 Å². The predicted octanol–water partition coefficient (Wildman–Crippen LogP) is 2.22. The number of carbonyl (C=O) groups excluding carboxylic acids is 3. The molecule has 5 aliphatic rings. The Morgan fingerprint density at radius 2 is 1.57 bits per heavy atom. The van der Waals surface area contributed by atoms with Crippen molar-refractivity contribution in [3.05, 3.63) is 0 Å². The van der Waals surface area contributed by atoms with E-state index in [4.69, 9.17) is 0 Å². The van der Waals surface area contributed by atoms with Crippen molar-refractivity contribution in [2.24, 2.45) is 23.2 Å². The minimum Gasteiger partial charge on any atom is -0.350 e. The van der Waals surface area contributed by atoms with Gasteiger partial charge in [0.2, 0.25) is 17.7 Å². The molecule has 0 spiro atoms. The van der Waals surface area contributed by atoms with Crippen molar-refractivity contribution in [3.8, 4) is 0 Å². The highest BCUT2D eigenvalue weighted by atomic mass is 16.2. The molecule has 0 aromatic heterocycles. The fourth-order valence-electron chi connectivity index (χ4n) is 6.71. The van der Waals surface area contributed by atoms with Gasteiger partial charge < -0.3 is 15.5 Å². The van der Waals surface area contributed by atoms with Crippen LogP contribution in [-0.2, 0) is 14.4 Å². The van der Waals surface area contributed by atoms with Crippen LogP contribution in [0.25, 0.3) is 0 Å². The average Bonchev–Trinajstić information content (AvgIpc) is 3.06. The van der Waals surface area contributed by atoms with Crippen LogP contribution in [0.5, 0.6) is 0 Å². The van der Waals surface area contributed by atoms with Gasteiger partial charge in [0.05, 0.1) is 12.0 Å². The molecule has 5 fully saturated rings. The van der Waals surface area contributed by atoms with E-state index in [9.17, 15) is 14.4 Å². The molecule has 4 bridgehead atoms. The molecule has 3 amide bonds. The Kier molecular flexibility index (Phi) is 4.95. The van der Waals surface area contributed by atoms with Crippen molar-refractivity contribution < 1.29 is 14.4 Å². The van der Waals surface area contributed by atoms with Crippen molar-refractivity contribution in [2.75, 3.05) is 13.1 Å². The summed E-state index contributed by atoms with van der Waals surface area (Å²) in [6.45, 7) is 6.37. The second kappa shape index (κ2) is 7.03. The van der Waals surface area contributed by atoms with Gasteiger partial charge in [0.15, 0.2) is 0 Å². The summed E-state index contributed by atoms with van der Waals surface area (Å²) in [7, 11) is 0. The Balaban J connectivity index is 1.39. The summed E-state index contributed by atoms with van der Waals surface area (Å²) in [6.07, 6.45) is 8.55. The maximum absolute atomic E-state index is 13.6. The summed E-state index contributed by atoms with van der Waals surface area (Å²) in [6, 6.07) is -0.414. The summed E-state index contributed by atoms with van der Waals surface area (Å²) < 4.78 is 0. The van der Waals surface area contributed by atoms with Gasteiger partial charge in [-0.05, 0) is 89.9 Å². The molecule has 1 saturated heterocycles. The van der Waals surface area contributed by atoms with Crippen molar-refractivity contribution in [1.29, 1.82) is 0 Å². The fourth-order valence-corrected chi connectivity index (χ4v) is 6.71. The molecule has 4 aliphatic carbocycles. The average molecular weight is 390 g/mol. The Labute approximate surface area is 168 Å². The summed E-state index contributed by atoms with van der Waals surface area (Å²) in [5.41, 5.74) is -0.531. The zero-order valence-corrected chi connectivity index (χ0v) is 17.6. The molecule has 6 nitrogen and oxygen atoms in total. The van der Waals surface area contributed by atoms with Crippen LogP contribution in [0.15, 0.2) is 0 Å². The van der Waals surface area contributed by atoms with Crippen LogP contribution in [0.2, 0.25) is 0 Å².